The van der Waals surface area contributed by atoms with E-state index in [0.29, 0.717) is 6.54 Å². The van der Waals surface area contributed by atoms with Crippen molar-refractivity contribution in [3.8, 4) is 5.75 Å². The van der Waals surface area contributed by atoms with Crippen LogP contribution in [0.15, 0.2) is 22.7 Å². The molecular weight excluding hydrogens is 362 g/mol. The number of hydrogen-bond acceptors (Lipinski definition) is 4. The Balaban J connectivity index is 2.53. The number of rotatable bonds is 7. The maximum atomic E-state index is 11.9. The van der Waals surface area contributed by atoms with Crippen LogP contribution in [0, 0.1) is 0 Å². The summed E-state index contributed by atoms with van der Waals surface area (Å²) in [5.74, 6) is 0.414. The lowest BCUT2D eigenvalue weighted by Gasteiger charge is -2.18. The molecule has 3 amide bonds. The largest absolute Gasteiger partial charge is 0.496 e. The minimum atomic E-state index is -0.460. The van der Waals surface area contributed by atoms with Gasteiger partial charge in [0.15, 0.2) is 0 Å². The predicted molar refractivity (Wildman–Crippen MR) is 93.5 cm³/mol. The Hall–Kier alpha value is -1.60. The van der Waals surface area contributed by atoms with Crippen molar-refractivity contribution in [3.05, 3.63) is 28.2 Å². The number of carbonyl (C=O) groups excluding carboxylic acids is 2. The van der Waals surface area contributed by atoms with Crippen LogP contribution in [0.5, 0.6) is 5.75 Å². The van der Waals surface area contributed by atoms with Crippen LogP contribution in [-0.4, -0.2) is 43.6 Å². The third-order valence-electron chi connectivity index (χ3n) is 3.34. The van der Waals surface area contributed by atoms with Crippen molar-refractivity contribution in [2.75, 3.05) is 20.7 Å². The lowest BCUT2D eigenvalue weighted by atomic mass is 10.2. The molecule has 0 aromatic heterocycles. The molecule has 0 aliphatic rings. The molecule has 0 bridgehead atoms. The zero-order valence-corrected chi connectivity index (χ0v) is 15.6. The Labute approximate surface area is 145 Å². The van der Waals surface area contributed by atoms with Gasteiger partial charge in [-0.3, -0.25) is 15.0 Å². The molecule has 1 atom stereocenters. The molecule has 1 rings (SSSR count). The first-order valence-electron chi connectivity index (χ1n) is 7.47. The molecule has 6 nitrogen and oxygen atoms in total. The number of halogens is 1. The highest BCUT2D eigenvalue weighted by molar-refractivity contribution is 9.10. The van der Waals surface area contributed by atoms with E-state index < -0.39 is 6.03 Å². The summed E-state index contributed by atoms with van der Waals surface area (Å²) < 4.78 is 6.26. The van der Waals surface area contributed by atoms with Gasteiger partial charge in [-0.2, -0.15) is 0 Å². The van der Waals surface area contributed by atoms with Gasteiger partial charge >= 0.3 is 6.03 Å². The Bertz CT molecular complexity index is 551. The van der Waals surface area contributed by atoms with Gasteiger partial charge in [-0.05, 0) is 38.6 Å². The molecule has 0 heterocycles. The fourth-order valence-electron chi connectivity index (χ4n) is 1.99. The Morgan fingerprint density at radius 2 is 2.09 bits per heavy atom. The van der Waals surface area contributed by atoms with Crippen molar-refractivity contribution >= 4 is 27.9 Å². The molecule has 1 aromatic carbocycles. The molecule has 0 unspecified atom stereocenters. The Kier molecular flexibility index (Phi) is 8.05. The maximum absolute atomic E-state index is 11.9. The van der Waals surface area contributed by atoms with E-state index in [-0.39, 0.29) is 18.5 Å². The van der Waals surface area contributed by atoms with Crippen LogP contribution in [0.3, 0.4) is 0 Å². The van der Waals surface area contributed by atoms with Gasteiger partial charge in [-0.1, -0.05) is 22.9 Å². The van der Waals surface area contributed by atoms with Gasteiger partial charge in [0.25, 0.3) is 0 Å². The Morgan fingerprint density at radius 3 is 2.70 bits per heavy atom. The van der Waals surface area contributed by atoms with Crippen molar-refractivity contribution in [2.24, 2.45) is 0 Å². The average Bonchev–Trinajstić information content (AvgIpc) is 2.46. The van der Waals surface area contributed by atoms with E-state index in [9.17, 15) is 9.59 Å². The molecule has 7 heteroatoms. The van der Waals surface area contributed by atoms with Crippen LogP contribution in [0.1, 0.15) is 25.8 Å². The molecular formula is C16H24BrN3O3. The van der Waals surface area contributed by atoms with E-state index in [4.69, 9.17) is 4.74 Å². The zero-order valence-electron chi connectivity index (χ0n) is 14.0. The van der Waals surface area contributed by atoms with Crippen LogP contribution in [0.4, 0.5) is 4.79 Å². The summed E-state index contributed by atoms with van der Waals surface area (Å²) in [5.41, 5.74) is 0.959. The summed E-state index contributed by atoms with van der Waals surface area (Å²) in [5, 5.41) is 5.02. The first kappa shape index (κ1) is 19.4. The van der Waals surface area contributed by atoms with Crippen LogP contribution in [0.2, 0.25) is 0 Å². The number of nitrogens with zero attached hydrogens (tertiary/aromatic N) is 1. The number of carbonyl (C=O) groups is 2. The van der Waals surface area contributed by atoms with E-state index in [2.05, 4.69) is 26.6 Å². The van der Waals surface area contributed by atoms with Crippen molar-refractivity contribution in [2.45, 2.75) is 32.9 Å². The highest BCUT2D eigenvalue weighted by Crippen LogP contribution is 2.23. The second-order valence-electron chi connectivity index (χ2n) is 5.46. The molecule has 0 saturated heterocycles. The molecule has 0 saturated carbocycles. The number of urea groups is 1. The van der Waals surface area contributed by atoms with E-state index in [1.54, 1.807) is 7.11 Å². The van der Waals surface area contributed by atoms with Crippen molar-refractivity contribution in [1.82, 2.24) is 15.5 Å². The number of hydrogen-bond donors (Lipinski definition) is 2. The van der Waals surface area contributed by atoms with Crippen molar-refractivity contribution < 1.29 is 14.3 Å². The standard InChI is InChI=1S/C16H24BrN3O3/c1-5-11(2)18-16(22)19-15(21)10-20(3)9-12-8-13(17)6-7-14(12)23-4/h6-8,11H,5,9-10H2,1-4H3,(H2,18,19,21,22)/t11-/m1/s1. The predicted octanol–water partition coefficient (Wildman–Crippen LogP) is 2.51. The molecule has 0 aliphatic heterocycles. The van der Waals surface area contributed by atoms with Crippen LogP contribution < -0.4 is 15.4 Å². The summed E-state index contributed by atoms with van der Waals surface area (Å²) in [6.45, 7) is 4.49. The van der Waals surface area contributed by atoms with Gasteiger partial charge in [-0.15, -0.1) is 0 Å². The van der Waals surface area contributed by atoms with Crippen LogP contribution in [-0.2, 0) is 11.3 Å². The average molecular weight is 386 g/mol. The molecule has 0 fully saturated rings. The second kappa shape index (κ2) is 9.52. The first-order valence-corrected chi connectivity index (χ1v) is 8.26. The number of imide groups is 1. The Morgan fingerprint density at radius 1 is 1.39 bits per heavy atom. The molecule has 1 aromatic rings. The van der Waals surface area contributed by atoms with Crippen molar-refractivity contribution in [3.63, 3.8) is 0 Å². The summed E-state index contributed by atoms with van der Waals surface area (Å²) in [7, 11) is 3.42. The van der Waals surface area contributed by atoms with Gasteiger partial charge < -0.3 is 10.1 Å². The van der Waals surface area contributed by atoms with Crippen LogP contribution in [0.25, 0.3) is 0 Å². The first-order chi connectivity index (χ1) is 10.8. The van der Waals surface area contributed by atoms with Gasteiger partial charge in [0, 0.05) is 22.6 Å². The number of ether oxygens (including phenoxy) is 1. The highest BCUT2D eigenvalue weighted by atomic mass is 79.9. The van der Waals surface area contributed by atoms with E-state index in [1.165, 1.54) is 0 Å². The monoisotopic (exact) mass is 385 g/mol. The van der Waals surface area contributed by atoms with E-state index in [1.807, 2.05) is 44.0 Å². The van der Waals surface area contributed by atoms with Crippen molar-refractivity contribution in [1.29, 1.82) is 0 Å². The van der Waals surface area contributed by atoms with Crippen LogP contribution >= 0.6 is 15.9 Å². The zero-order chi connectivity index (χ0) is 17.4. The molecule has 0 spiro atoms. The SMILES string of the molecule is CC[C@@H](C)NC(=O)NC(=O)CN(C)Cc1cc(Br)ccc1OC. The number of nitrogens with one attached hydrogen (secondary N) is 2. The lowest BCUT2D eigenvalue weighted by Crippen LogP contribution is -2.46. The summed E-state index contributed by atoms with van der Waals surface area (Å²) in [4.78, 5) is 25.3. The van der Waals surface area contributed by atoms with Gasteiger partial charge in [-0.25, -0.2) is 4.79 Å². The summed E-state index contributed by atoms with van der Waals surface area (Å²) in [6, 6.07) is 5.29. The summed E-state index contributed by atoms with van der Waals surface area (Å²) >= 11 is 3.42. The second-order valence-corrected chi connectivity index (χ2v) is 6.38. The number of amides is 3. The van der Waals surface area contributed by atoms with E-state index in [0.717, 1.165) is 22.2 Å². The molecule has 0 aliphatic carbocycles. The number of benzene rings is 1. The van der Waals surface area contributed by atoms with Gasteiger partial charge in [0.05, 0.1) is 13.7 Å². The molecule has 2 N–H and O–H groups in total. The molecule has 128 valence electrons. The topological polar surface area (TPSA) is 70.7 Å². The third kappa shape index (κ3) is 7.00. The number of likely N-dealkylation sites (N-methyl/N-ethyl adjacent to an activating group) is 1. The summed E-state index contributed by atoms with van der Waals surface area (Å²) in [6.07, 6.45) is 0.810. The fraction of sp³-hybridized carbons (Fsp3) is 0.500. The quantitative estimate of drug-likeness (QED) is 0.756. The fourth-order valence-corrected chi connectivity index (χ4v) is 2.40. The number of methoxy groups -OCH3 is 1. The lowest BCUT2D eigenvalue weighted by molar-refractivity contribution is -0.121. The highest BCUT2D eigenvalue weighted by Gasteiger charge is 2.13. The van der Waals surface area contributed by atoms with Gasteiger partial charge in [0.1, 0.15) is 5.75 Å². The van der Waals surface area contributed by atoms with E-state index >= 15 is 0 Å². The minimum absolute atomic E-state index is 0.0338. The smallest absolute Gasteiger partial charge is 0.321 e. The third-order valence-corrected chi connectivity index (χ3v) is 3.83. The molecule has 0 radical (unpaired) electrons. The normalized spacial score (nSPS) is 11.9. The minimum Gasteiger partial charge on any atom is -0.496 e. The maximum Gasteiger partial charge on any atom is 0.321 e. The molecule has 23 heavy (non-hydrogen) atoms. The van der Waals surface area contributed by atoms with Gasteiger partial charge in [0.2, 0.25) is 5.91 Å².